The Morgan fingerprint density at radius 3 is 2.65 bits per heavy atom. The highest BCUT2D eigenvalue weighted by atomic mass is 32.2. The van der Waals surface area contributed by atoms with Crippen molar-refractivity contribution in [3.63, 3.8) is 0 Å². The predicted octanol–water partition coefficient (Wildman–Crippen LogP) is -0.154. The molecular weight excluding hydrogens is 422 g/mol. The van der Waals surface area contributed by atoms with Crippen LogP contribution in [0.3, 0.4) is 0 Å². The molecule has 3 heterocycles. The third kappa shape index (κ3) is 4.50. The van der Waals surface area contributed by atoms with Crippen molar-refractivity contribution >= 4 is 39.1 Å². The summed E-state index contributed by atoms with van der Waals surface area (Å²) in [5.74, 6) is 1.42. The molecule has 31 heavy (non-hydrogen) atoms. The molecule has 1 aliphatic heterocycles. The summed E-state index contributed by atoms with van der Waals surface area (Å²) in [4.78, 5) is 12.9. The fourth-order valence-corrected chi connectivity index (χ4v) is 3.75. The van der Waals surface area contributed by atoms with Gasteiger partial charge >= 0.3 is 0 Å². The molecule has 0 spiro atoms. The monoisotopic (exact) mass is 445 g/mol. The number of nitrogens with zero attached hydrogens (tertiary/aromatic N) is 5. The number of rotatable bonds is 7. The van der Waals surface area contributed by atoms with Crippen molar-refractivity contribution in [3.05, 3.63) is 30.6 Å². The van der Waals surface area contributed by atoms with Crippen LogP contribution < -0.4 is 32.1 Å². The molecule has 3 aromatic rings. The van der Waals surface area contributed by atoms with Crippen LogP contribution >= 0.6 is 0 Å². The molecule has 1 saturated heterocycles. The number of sulfonamides is 1. The minimum Gasteiger partial charge on any atom is -0.382 e. The summed E-state index contributed by atoms with van der Waals surface area (Å²) in [6, 6.07) is 6.14. The number of hydrogen-bond donors (Lipinski definition) is 6. The first-order valence-corrected chi connectivity index (χ1v) is 11.0. The smallest absolute Gasteiger partial charge is 0.248 e. The van der Waals surface area contributed by atoms with Crippen LogP contribution in [0, 0.1) is 0 Å². The van der Waals surface area contributed by atoms with E-state index in [9.17, 15) is 8.42 Å². The third-order valence-electron chi connectivity index (χ3n) is 4.75. The van der Waals surface area contributed by atoms with Crippen molar-refractivity contribution in [1.29, 1.82) is 0 Å². The Morgan fingerprint density at radius 2 is 2.00 bits per heavy atom. The molecule has 0 saturated carbocycles. The molecule has 0 radical (unpaired) electrons. The summed E-state index contributed by atoms with van der Waals surface area (Å²) < 4.78 is 24.2. The van der Waals surface area contributed by atoms with Gasteiger partial charge in [0.15, 0.2) is 11.6 Å². The Labute approximate surface area is 178 Å². The van der Waals surface area contributed by atoms with Gasteiger partial charge in [-0.15, -0.1) is 5.10 Å². The Balaban J connectivity index is 1.60. The zero-order chi connectivity index (χ0) is 22.0. The molecule has 1 fully saturated rings. The summed E-state index contributed by atoms with van der Waals surface area (Å²) in [6.45, 7) is 1.81. The summed E-state index contributed by atoms with van der Waals surface area (Å²) in [5, 5.41) is 22.3. The molecule has 13 nitrogen and oxygen atoms in total. The highest BCUT2D eigenvalue weighted by molar-refractivity contribution is 7.89. The van der Waals surface area contributed by atoms with Gasteiger partial charge in [-0.25, -0.2) is 23.5 Å². The highest BCUT2D eigenvalue weighted by Crippen LogP contribution is 2.28. The normalized spacial score (nSPS) is 16.3. The molecule has 2 aromatic heterocycles. The number of nitrogens with one attached hydrogen (secondary N) is 4. The number of nitrogens with two attached hydrogens (primary N) is 2. The lowest BCUT2D eigenvalue weighted by molar-refractivity contribution is 0.598. The van der Waals surface area contributed by atoms with Gasteiger partial charge in [-0.05, 0) is 37.2 Å². The van der Waals surface area contributed by atoms with Gasteiger partial charge in [0.2, 0.25) is 21.9 Å². The van der Waals surface area contributed by atoms with Gasteiger partial charge in [-0.3, -0.25) is 0 Å². The average Bonchev–Trinajstić information content (AvgIpc) is 3.37. The molecule has 1 aliphatic rings. The second-order valence-electron chi connectivity index (χ2n) is 6.90. The minimum absolute atomic E-state index is 0.00759. The van der Waals surface area contributed by atoms with Crippen LogP contribution in [0.25, 0.3) is 5.82 Å². The first kappa shape index (κ1) is 20.8. The number of benzene rings is 1. The zero-order valence-electron chi connectivity index (χ0n) is 16.7. The maximum absolute atomic E-state index is 11.4. The number of hydrogen-bond acceptors (Lipinski definition) is 11. The Hall–Kier alpha value is -3.49. The van der Waals surface area contributed by atoms with E-state index >= 15 is 0 Å². The van der Waals surface area contributed by atoms with Crippen molar-refractivity contribution in [2.24, 2.45) is 5.14 Å². The average molecular weight is 446 g/mol. The summed E-state index contributed by atoms with van der Waals surface area (Å²) in [7, 11) is -2.00. The second kappa shape index (κ2) is 8.33. The lowest BCUT2D eigenvalue weighted by atomic mass is 10.2. The van der Waals surface area contributed by atoms with Gasteiger partial charge in [-0.2, -0.15) is 9.67 Å². The first-order valence-electron chi connectivity index (χ1n) is 9.48. The highest BCUT2D eigenvalue weighted by Gasteiger charge is 2.21. The summed E-state index contributed by atoms with van der Waals surface area (Å²) >= 11 is 0. The topological polar surface area (TPSA) is 191 Å². The molecule has 0 aliphatic carbocycles. The zero-order valence-corrected chi connectivity index (χ0v) is 17.5. The number of aromatic nitrogens is 5. The van der Waals surface area contributed by atoms with Crippen LogP contribution in [-0.4, -0.2) is 59.3 Å². The van der Waals surface area contributed by atoms with Crippen LogP contribution in [-0.2, 0) is 10.0 Å². The largest absolute Gasteiger partial charge is 0.382 e. The molecule has 0 unspecified atom stereocenters. The number of anilines is 5. The molecule has 1 atom stereocenters. The van der Waals surface area contributed by atoms with Gasteiger partial charge in [0.05, 0.1) is 4.90 Å². The van der Waals surface area contributed by atoms with Crippen molar-refractivity contribution in [1.82, 2.24) is 30.0 Å². The van der Waals surface area contributed by atoms with Crippen LogP contribution in [0.5, 0.6) is 0 Å². The molecule has 0 bridgehead atoms. The van der Waals surface area contributed by atoms with Crippen molar-refractivity contribution < 1.29 is 8.42 Å². The van der Waals surface area contributed by atoms with Crippen molar-refractivity contribution in [3.8, 4) is 5.82 Å². The summed E-state index contributed by atoms with van der Waals surface area (Å²) in [6.07, 6.45) is 2.42. The van der Waals surface area contributed by atoms with E-state index in [0.717, 1.165) is 19.5 Å². The third-order valence-corrected chi connectivity index (χ3v) is 5.68. The predicted molar refractivity (Wildman–Crippen MR) is 117 cm³/mol. The number of nitrogen functional groups attached to an aromatic ring is 1. The van der Waals surface area contributed by atoms with Gasteiger partial charge in [0, 0.05) is 25.3 Å². The Kier molecular flexibility index (Phi) is 5.58. The van der Waals surface area contributed by atoms with Crippen LogP contribution in [0.2, 0.25) is 0 Å². The fraction of sp³-hybridized carbons (Fsp3) is 0.294. The van der Waals surface area contributed by atoms with Crippen molar-refractivity contribution in [2.75, 3.05) is 41.8 Å². The van der Waals surface area contributed by atoms with Gasteiger partial charge < -0.3 is 27.0 Å². The molecule has 4 rings (SSSR count). The van der Waals surface area contributed by atoms with E-state index in [1.54, 1.807) is 19.2 Å². The van der Waals surface area contributed by atoms with E-state index in [4.69, 9.17) is 10.9 Å². The van der Waals surface area contributed by atoms with E-state index in [1.807, 2.05) is 0 Å². The quantitative estimate of drug-likeness (QED) is 0.283. The van der Waals surface area contributed by atoms with Gasteiger partial charge in [0.25, 0.3) is 0 Å². The maximum atomic E-state index is 11.4. The Morgan fingerprint density at radius 1 is 1.23 bits per heavy atom. The molecular formula is C17H23N11O2S. The van der Waals surface area contributed by atoms with Gasteiger partial charge in [0.1, 0.15) is 12.0 Å². The SMILES string of the molecule is CNc1c(N[C@H]2CCNC2)ncnc1-n1nc(Nc2ccc(S(N)(=O)=O)cc2)nc1N. The van der Waals surface area contributed by atoms with Crippen LogP contribution in [0.15, 0.2) is 35.5 Å². The Bertz CT molecular complexity index is 1170. The molecule has 8 N–H and O–H groups in total. The van der Waals surface area contributed by atoms with E-state index in [0.29, 0.717) is 23.0 Å². The second-order valence-corrected chi connectivity index (χ2v) is 8.47. The fourth-order valence-electron chi connectivity index (χ4n) is 3.24. The van der Waals surface area contributed by atoms with Crippen molar-refractivity contribution in [2.45, 2.75) is 17.4 Å². The van der Waals surface area contributed by atoms with Crippen LogP contribution in [0.1, 0.15) is 6.42 Å². The molecule has 164 valence electrons. The first-order chi connectivity index (χ1) is 14.8. The molecule has 0 amide bonds. The van der Waals surface area contributed by atoms with Crippen LogP contribution in [0.4, 0.5) is 29.1 Å². The lowest BCUT2D eigenvalue weighted by Gasteiger charge is -2.17. The van der Waals surface area contributed by atoms with E-state index < -0.39 is 10.0 Å². The lowest BCUT2D eigenvalue weighted by Crippen LogP contribution is -2.24. The van der Waals surface area contributed by atoms with E-state index in [-0.39, 0.29) is 22.8 Å². The molecule has 14 heteroatoms. The standard InChI is InChI=1S/C17H23N11O2S/c1-20-13-14(24-11-6-7-21-8-11)22-9-23-15(13)28-16(18)26-17(27-28)25-10-2-4-12(5-3-10)31(19,29)30/h2-5,9,11,20-21H,6-8H2,1H3,(H2,19,29,30)(H,22,23,24)(H3,18,25,26,27)/t11-/m0/s1. The summed E-state index contributed by atoms with van der Waals surface area (Å²) in [5.41, 5.74) is 7.28. The van der Waals surface area contributed by atoms with E-state index in [1.165, 1.54) is 23.1 Å². The molecule has 1 aromatic carbocycles. The number of primary sulfonamides is 1. The van der Waals surface area contributed by atoms with Gasteiger partial charge in [-0.1, -0.05) is 0 Å². The van der Waals surface area contributed by atoms with E-state index in [2.05, 4.69) is 41.3 Å². The maximum Gasteiger partial charge on any atom is 0.248 e. The minimum atomic E-state index is -3.77.